The molecule has 2 saturated heterocycles. The van der Waals surface area contributed by atoms with Gasteiger partial charge in [0.15, 0.2) is 11.6 Å². The molecule has 1 aromatic rings. The fourth-order valence-corrected chi connectivity index (χ4v) is 3.64. The second kappa shape index (κ2) is 4.46. The lowest BCUT2D eigenvalue weighted by Gasteiger charge is -2.42. The van der Waals surface area contributed by atoms with Crippen LogP contribution in [0.1, 0.15) is 31.2 Å². The Morgan fingerprint density at radius 3 is 2.47 bits per heavy atom. The molecule has 19 heavy (non-hydrogen) atoms. The summed E-state index contributed by atoms with van der Waals surface area (Å²) in [7, 11) is 3.57. The highest BCUT2D eigenvalue weighted by Crippen LogP contribution is 2.45. The molecule has 1 aromatic carbocycles. The molecule has 2 fully saturated rings. The smallest absolute Gasteiger partial charge is 0.165 e. The van der Waals surface area contributed by atoms with Crippen LogP contribution in [0.2, 0.25) is 0 Å². The summed E-state index contributed by atoms with van der Waals surface area (Å²) in [5, 5.41) is 10.9. The van der Waals surface area contributed by atoms with Crippen LogP contribution in [0, 0.1) is 5.82 Å². The van der Waals surface area contributed by atoms with Gasteiger partial charge in [-0.2, -0.15) is 0 Å². The van der Waals surface area contributed by atoms with Crippen molar-refractivity contribution in [2.24, 2.45) is 0 Å². The summed E-state index contributed by atoms with van der Waals surface area (Å²) in [6.07, 6.45) is 3.63. The fraction of sp³-hybridized carbons (Fsp3) is 0.600. The summed E-state index contributed by atoms with van der Waals surface area (Å²) < 4.78 is 18.7. The van der Waals surface area contributed by atoms with Gasteiger partial charge in [0.2, 0.25) is 0 Å². The van der Waals surface area contributed by atoms with Crippen LogP contribution in [0.25, 0.3) is 0 Å². The van der Waals surface area contributed by atoms with E-state index in [4.69, 9.17) is 4.74 Å². The van der Waals surface area contributed by atoms with E-state index in [1.807, 2.05) is 0 Å². The number of halogens is 1. The Morgan fingerprint density at radius 2 is 1.95 bits per heavy atom. The number of ether oxygens (including phenoxy) is 1. The largest absolute Gasteiger partial charge is 0.494 e. The number of rotatable bonds is 2. The molecule has 0 amide bonds. The van der Waals surface area contributed by atoms with E-state index in [2.05, 4.69) is 11.9 Å². The highest BCUT2D eigenvalue weighted by Gasteiger charge is 2.46. The van der Waals surface area contributed by atoms with Crippen molar-refractivity contribution in [1.82, 2.24) is 4.90 Å². The lowest BCUT2D eigenvalue weighted by Crippen LogP contribution is -2.47. The minimum atomic E-state index is -0.897. The summed E-state index contributed by atoms with van der Waals surface area (Å²) in [5.41, 5.74) is -0.221. The molecule has 2 aliphatic heterocycles. The van der Waals surface area contributed by atoms with Crippen LogP contribution in [-0.2, 0) is 5.60 Å². The van der Waals surface area contributed by atoms with Crippen LogP contribution < -0.4 is 4.74 Å². The molecule has 1 N–H and O–H groups in total. The number of nitrogens with zero attached hydrogens (tertiary/aromatic N) is 1. The zero-order valence-corrected chi connectivity index (χ0v) is 11.4. The Bertz CT molecular complexity index is 477. The number of hydrogen-bond acceptors (Lipinski definition) is 3. The Kier molecular flexibility index (Phi) is 3.02. The molecule has 2 bridgehead atoms. The minimum Gasteiger partial charge on any atom is -0.494 e. The summed E-state index contributed by atoms with van der Waals surface area (Å²) in [4.78, 5) is 2.36. The summed E-state index contributed by atoms with van der Waals surface area (Å²) in [6.45, 7) is 0. The van der Waals surface area contributed by atoms with Crippen molar-refractivity contribution in [3.63, 3.8) is 0 Å². The second-order valence-corrected chi connectivity index (χ2v) is 5.84. The molecule has 3 nitrogen and oxygen atoms in total. The van der Waals surface area contributed by atoms with Crippen molar-refractivity contribution >= 4 is 0 Å². The quantitative estimate of drug-likeness (QED) is 0.890. The highest BCUT2D eigenvalue weighted by molar-refractivity contribution is 5.33. The van der Waals surface area contributed by atoms with Crippen molar-refractivity contribution in [2.45, 2.75) is 43.4 Å². The molecular weight excluding hydrogens is 245 g/mol. The van der Waals surface area contributed by atoms with E-state index in [1.165, 1.54) is 13.2 Å². The normalized spacial score (nSPS) is 34.5. The third kappa shape index (κ3) is 2.03. The monoisotopic (exact) mass is 265 g/mol. The molecule has 2 heterocycles. The van der Waals surface area contributed by atoms with Gasteiger partial charge in [-0.3, -0.25) is 0 Å². The van der Waals surface area contributed by atoms with Crippen molar-refractivity contribution in [3.05, 3.63) is 29.6 Å². The van der Waals surface area contributed by atoms with Crippen LogP contribution >= 0.6 is 0 Å². The first-order chi connectivity index (χ1) is 9.03. The first-order valence-electron chi connectivity index (χ1n) is 6.82. The average Bonchev–Trinajstić information content (AvgIpc) is 2.63. The number of aliphatic hydroxyl groups is 1. The van der Waals surface area contributed by atoms with Gasteiger partial charge in [-0.1, -0.05) is 6.07 Å². The second-order valence-electron chi connectivity index (χ2n) is 5.84. The number of methoxy groups -OCH3 is 1. The Labute approximate surface area is 113 Å². The molecule has 2 atom stereocenters. The van der Waals surface area contributed by atoms with E-state index in [0.29, 0.717) is 30.5 Å². The van der Waals surface area contributed by atoms with E-state index in [9.17, 15) is 9.50 Å². The maximum Gasteiger partial charge on any atom is 0.165 e. The molecule has 2 aliphatic rings. The molecule has 0 aromatic heterocycles. The zero-order chi connectivity index (χ0) is 13.6. The molecule has 0 radical (unpaired) electrons. The van der Waals surface area contributed by atoms with Crippen LogP contribution in [0.3, 0.4) is 0 Å². The molecular formula is C15H20FNO2. The first-order valence-corrected chi connectivity index (χ1v) is 6.82. The van der Waals surface area contributed by atoms with Gasteiger partial charge in [-0.05, 0) is 50.4 Å². The van der Waals surface area contributed by atoms with E-state index < -0.39 is 11.4 Å². The predicted molar refractivity (Wildman–Crippen MR) is 70.7 cm³/mol. The third-order valence-corrected chi connectivity index (χ3v) is 4.82. The number of piperidine rings is 1. The Hall–Kier alpha value is -1.13. The third-order valence-electron chi connectivity index (χ3n) is 4.82. The van der Waals surface area contributed by atoms with E-state index in [1.54, 1.807) is 12.1 Å². The molecule has 0 spiro atoms. The van der Waals surface area contributed by atoms with Gasteiger partial charge < -0.3 is 14.7 Å². The average molecular weight is 265 g/mol. The van der Waals surface area contributed by atoms with Crippen LogP contribution in [-0.4, -0.2) is 36.2 Å². The van der Waals surface area contributed by atoms with Gasteiger partial charge in [0, 0.05) is 12.1 Å². The summed E-state index contributed by atoms with van der Waals surface area (Å²) >= 11 is 0. The summed E-state index contributed by atoms with van der Waals surface area (Å²) in [6, 6.07) is 5.63. The molecule has 0 aliphatic carbocycles. The van der Waals surface area contributed by atoms with Crippen LogP contribution in [0.5, 0.6) is 5.75 Å². The fourth-order valence-electron chi connectivity index (χ4n) is 3.64. The lowest BCUT2D eigenvalue weighted by molar-refractivity contribution is -0.0495. The van der Waals surface area contributed by atoms with Gasteiger partial charge in [0.05, 0.1) is 12.7 Å². The Morgan fingerprint density at radius 1 is 1.32 bits per heavy atom. The van der Waals surface area contributed by atoms with Gasteiger partial charge in [0.1, 0.15) is 0 Å². The van der Waals surface area contributed by atoms with Crippen molar-refractivity contribution < 1.29 is 14.2 Å². The van der Waals surface area contributed by atoms with Gasteiger partial charge in [-0.15, -0.1) is 0 Å². The number of hydrogen-bond donors (Lipinski definition) is 1. The van der Waals surface area contributed by atoms with E-state index in [0.717, 1.165) is 12.8 Å². The number of fused-ring (bicyclic) bond motifs is 2. The maximum atomic E-state index is 13.8. The molecule has 104 valence electrons. The van der Waals surface area contributed by atoms with Crippen LogP contribution in [0.4, 0.5) is 4.39 Å². The van der Waals surface area contributed by atoms with Gasteiger partial charge in [0.25, 0.3) is 0 Å². The summed E-state index contributed by atoms with van der Waals surface area (Å²) in [5.74, 6) is -0.178. The Balaban J connectivity index is 1.91. The maximum absolute atomic E-state index is 13.8. The SMILES string of the molecule is COc1ccc(C2(O)CC3CCC(C2)N3C)cc1F. The highest BCUT2D eigenvalue weighted by atomic mass is 19.1. The number of benzene rings is 1. The minimum absolute atomic E-state index is 0.225. The predicted octanol–water partition coefficient (Wildman–Crippen LogP) is 2.28. The first kappa shape index (κ1) is 12.9. The van der Waals surface area contributed by atoms with Gasteiger partial charge in [-0.25, -0.2) is 4.39 Å². The van der Waals surface area contributed by atoms with Crippen molar-refractivity contribution in [1.29, 1.82) is 0 Å². The van der Waals surface area contributed by atoms with E-state index in [-0.39, 0.29) is 5.75 Å². The van der Waals surface area contributed by atoms with Crippen molar-refractivity contribution in [2.75, 3.05) is 14.2 Å². The van der Waals surface area contributed by atoms with E-state index >= 15 is 0 Å². The van der Waals surface area contributed by atoms with Crippen molar-refractivity contribution in [3.8, 4) is 5.75 Å². The topological polar surface area (TPSA) is 32.7 Å². The standard InChI is InChI=1S/C15H20FNO2/c1-17-11-4-5-12(17)9-15(18,8-11)10-3-6-14(19-2)13(16)7-10/h3,6-7,11-12,18H,4-5,8-9H2,1-2H3. The lowest BCUT2D eigenvalue weighted by atomic mass is 9.80. The molecule has 2 unspecified atom stereocenters. The molecule has 4 heteroatoms. The zero-order valence-electron chi connectivity index (χ0n) is 11.4. The molecule has 0 saturated carbocycles. The molecule has 3 rings (SSSR count). The van der Waals surface area contributed by atoms with Gasteiger partial charge >= 0.3 is 0 Å². The van der Waals surface area contributed by atoms with Crippen LogP contribution in [0.15, 0.2) is 18.2 Å².